The predicted molar refractivity (Wildman–Crippen MR) is 62.7 cm³/mol. The van der Waals surface area contributed by atoms with Crippen molar-refractivity contribution in [2.24, 2.45) is 0 Å². The van der Waals surface area contributed by atoms with Crippen LogP contribution in [-0.2, 0) is 6.61 Å². The Labute approximate surface area is 101 Å². The fourth-order valence-corrected chi connectivity index (χ4v) is 1.58. The summed E-state index contributed by atoms with van der Waals surface area (Å²) in [5, 5.41) is 0. The molecule has 0 amide bonds. The minimum absolute atomic E-state index is 0.330. The number of nitrogens with zero attached hydrogens (tertiary/aromatic N) is 1. The minimum atomic E-state index is -0.341. The molecule has 16 heavy (non-hydrogen) atoms. The molecule has 0 fully saturated rings. The lowest BCUT2D eigenvalue weighted by atomic mass is 10.3. The molecular formula is C12H9BrFNO. The maximum absolute atomic E-state index is 12.6. The first-order valence-corrected chi connectivity index (χ1v) is 5.52. The second-order valence-electron chi connectivity index (χ2n) is 3.21. The Kier molecular flexibility index (Phi) is 3.51. The Hall–Kier alpha value is -1.42. The van der Waals surface area contributed by atoms with Crippen LogP contribution in [0.1, 0.15) is 5.69 Å². The molecule has 0 atom stereocenters. The SMILES string of the molecule is Fc1ccc(COc2cccc(Br)c2)nc1. The number of hydrogen-bond donors (Lipinski definition) is 0. The van der Waals surface area contributed by atoms with Gasteiger partial charge in [-0.05, 0) is 30.3 Å². The van der Waals surface area contributed by atoms with E-state index in [4.69, 9.17) is 4.74 Å². The fraction of sp³-hybridized carbons (Fsp3) is 0.0833. The van der Waals surface area contributed by atoms with Gasteiger partial charge in [0.2, 0.25) is 0 Å². The van der Waals surface area contributed by atoms with Crippen molar-refractivity contribution < 1.29 is 9.13 Å². The van der Waals surface area contributed by atoms with Gasteiger partial charge in [0.1, 0.15) is 18.2 Å². The molecule has 2 aromatic rings. The van der Waals surface area contributed by atoms with E-state index in [0.717, 1.165) is 10.2 Å². The first-order chi connectivity index (χ1) is 7.74. The molecule has 0 saturated carbocycles. The van der Waals surface area contributed by atoms with Gasteiger partial charge in [0, 0.05) is 4.47 Å². The van der Waals surface area contributed by atoms with E-state index in [1.54, 1.807) is 6.07 Å². The second kappa shape index (κ2) is 5.07. The largest absolute Gasteiger partial charge is 0.487 e. The van der Waals surface area contributed by atoms with Crippen molar-refractivity contribution in [2.45, 2.75) is 6.61 Å². The molecule has 0 radical (unpaired) electrons. The van der Waals surface area contributed by atoms with E-state index in [9.17, 15) is 4.39 Å². The van der Waals surface area contributed by atoms with E-state index in [0.29, 0.717) is 12.3 Å². The summed E-state index contributed by atoms with van der Waals surface area (Å²) in [5.74, 6) is 0.409. The maximum Gasteiger partial charge on any atom is 0.141 e. The molecule has 0 bridgehead atoms. The molecule has 0 spiro atoms. The predicted octanol–water partition coefficient (Wildman–Crippen LogP) is 3.56. The van der Waals surface area contributed by atoms with Crippen molar-refractivity contribution in [3.63, 3.8) is 0 Å². The number of halogens is 2. The highest BCUT2D eigenvalue weighted by Gasteiger charge is 1.98. The molecule has 1 heterocycles. The van der Waals surface area contributed by atoms with Gasteiger partial charge in [-0.25, -0.2) is 4.39 Å². The highest BCUT2D eigenvalue weighted by atomic mass is 79.9. The van der Waals surface area contributed by atoms with Gasteiger partial charge in [-0.3, -0.25) is 4.98 Å². The molecule has 4 heteroatoms. The van der Waals surface area contributed by atoms with E-state index >= 15 is 0 Å². The van der Waals surface area contributed by atoms with Crippen molar-refractivity contribution in [3.8, 4) is 5.75 Å². The Balaban J connectivity index is 1.99. The van der Waals surface area contributed by atoms with Gasteiger partial charge in [0.15, 0.2) is 0 Å². The monoisotopic (exact) mass is 281 g/mol. The van der Waals surface area contributed by atoms with Crippen molar-refractivity contribution in [2.75, 3.05) is 0 Å². The van der Waals surface area contributed by atoms with Crippen LogP contribution < -0.4 is 4.74 Å². The highest BCUT2D eigenvalue weighted by molar-refractivity contribution is 9.10. The minimum Gasteiger partial charge on any atom is -0.487 e. The molecule has 0 aliphatic heterocycles. The third-order valence-electron chi connectivity index (χ3n) is 1.97. The number of hydrogen-bond acceptors (Lipinski definition) is 2. The van der Waals surface area contributed by atoms with Crippen LogP contribution in [0.5, 0.6) is 5.75 Å². The lowest BCUT2D eigenvalue weighted by molar-refractivity contribution is 0.301. The topological polar surface area (TPSA) is 22.1 Å². The molecule has 1 aromatic carbocycles. The van der Waals surface area contributed by atoms with Gasteiger partial charge in [-0.15, -0.1) is 0 Å². The number of pyridine rings is 1. The van der Waals surface area contributed by atoms with Crippen molar-refractivity contribution in [3.05, 3.63) is 58.6 Å². The summed E-state index contributed by atoms with van der Waals surface area (Å²) >= 11 is 3.35. The standard InChI is InChI=1S/C12H9BrFNO/c13-9-2-1-3-12(6-9)16-8-11-5-4-10(14)7-15-11/h1-7H,8H2. The average Bonchev–Trinajstić information content (AvgIpc) is 2.28. The van der Waals surface area contributed by atoms with Gasteiger partial charge in [0.25, 0.3) is 0 Å². The van der Waals surface area contributed by atoms with Gasteiger partial charge >= 0.3 is 0 Å². The quantitative estimate of drug-likeness (QED) is 0.858. The van der Waals surface area contributed by atoms with Crippen LogP contribution in [0.4, 0.5) is 4.39 Å². The van der Waals surface area contributed by atoms with Gasteiger partial charge in [0.05, 0.1) is 11.9 Å². The number of aromatic nitrogens is 1. The van der Waals surface area contributed by atoms with E-state index in [-0.39, 0.29) is 5.82 Å². The smallest absolute Gasteiger partial charge is 0.141 e. The zero-order valence-corrected chi connectivity index (χ0v) is 9.95. The van der Waals surface area contributed by atoms with E-state index < -0.39 is 0 Å². The zero-order chi connectivity index (χ0) is 11.4. The molecular weight excluding hydrogens is 273 g/mol. The Morgan fingerprint density at radius 2 is 2.12 bits per heavy atom. The van der Waals surface area contributed by atoms with Crippen molar-refractivity contribution in [1.82, 2.24) is 4.98 Å². The molecule has 0 N–H and O–H groups in total. The molecule has 82 valence electrons. The molecule has 2 rings (SSSR count). The third kappa shape index (κ3) is 3.03. The van der Waals surface area contributed by atoms with Crippen LogP contribution in [-0.4, -0.2) is 4.98 Å². The molecule has 0 saturated heterocycles. The molecule has 0 unspecified atom stereocenters. The van der Waals surface area contributed by atoms with Crippen LogP contribution in [0.15, 0.2) is 47.1 Å². The fourth-order valence-electron chi connectivity index (χ4n) is 1.21. The van der Waals surface area contributed by atoms with Crippen LogP contribution in [0.25, 0.3) is 0 Å². The van der Waals surface area contributed by atoms with Crippen LogP contribution >= 0.6 is 15.9 Å². The maximum atomic E-state index is 12.6. The van der Waals surface area contributed by atoms with E-state index in [1.807, 2.05) is 24.3 Å². The summed E-state index contributed by atoms with van der Waals surface area (Å²) in [4.78, 5) is 3.90. The van der Waals surface area contributed by atoms with E-state index in [1.165, 1.54) is 12.3 Å². The normalized spacial score (nSPS) is 10.1. The summed E-state index contributed by atoms with van der Waals surface area (Å²) < 4.78 is 19.0. The molecule has 0 aliphatic carbocycles. The van der Waals surface area contributed by atoms with Crippen molar-refractivity contribution >= 4 is 15.9 Å². The average molecular weight is 282 g/mol. The van der Waals surface area contributed by atoms with Crippen LogP contribution in [0, 0.1) is 5.82 Å². The summed E-state index contributed by atoms with van der Waals surface area (Å²) in [6.07, 6.45) is 1.18. The molecule has 1 aromatic heterocycles. The number of ether oxygens (including phenoxy) is 1. The van der Waals surface area contributed by atoms with Gasteiger partial charge in [-0.1, -0.05) is 22.0 Å². The summed E-state index contributed by atoms with van der Waals surface area (Å²) in [6, 6.07) is 10.5. The summed E-state index contributed by atoms with van der Waals surface area (Å²) in [7, 11) is 0. The lowest BCUT2D eigenvalue weighted by Gasteiger charge is -2.05. The third-order valence-corrected chi connectivity index (χ3v) is 2.46. The van der Waals surface area contributed by atoms with Crippen molar-refractivity contribution in [1.29, 1.82) is 0 Å². The van der Waals surface area contributed by atoms with Crippen LogP contribution in [0.2, 0.25) is 0 Å². The van der Waals surface area contributed by atoms with Crippen LogP contribution in [0.3, 0.4) is 0 Å². The van der Waals surface area contributed by atoms with Gasteiger partial charge in [-0.2, -0.15) is 0 Å². The molecule has 0 aliphatic rings. The highest BCUT2D eigenvalue weighted by Crippen LogP contribution is 2.18. The zero-order valence-electron chi connectivity index (χ0n) is 8.36. The Bertz CT molecular complexity index is 473. The lowest BCUT2D eigenvalue weighted by Crippen LogP contribution is -1.98. The summed E-state index contributed by atoms with van der Waals surface area (Å²) in [5.41, 5.74) is 0.696. The first kappa shape index (κ1) is 11.1. The number of rotatable bonds is 3. The first-order valence-electron chi connectivity index (χ1n) is 4.73. The van der Waals surface area contributed by atoms with Gasteiger partial charge < -0.3 is 4.74 Å². The Morgan fingerprint density at radius 1 is 1.25 bits per heavy atom. The second-order valence-corrected chi connectivity index (χ2v) is 4.13. The summed E-state index contributed by atoms with van der Waals surface area (Å²) in [6.45, 7) is 0.330. The molecule has 2 nitrogen and oxygen atoms in total. The Morgan fingerprint density at radius 3 is 2.81 bits per heavy atom. The number of benzene rings is 1. The van der Waals surface area contributed by atoms with E-state index in [2.05, 4.69) is 20.9 Å².